The first-order valence-electron chi connectivity index (χ1n) is 2.76. The lowest BCUT2D eigenvalue weighted by Gasteiger charge is -1.97. The van der Waals surface area contributed by atoms with Crippen LogP contribution in [0.3, 0.4) is 0 Å². The van der Waals surface area contributed by atoms with Crippen molar-refractivity contribution in [2.75, 3.05) is 5.73 Å². The van der Waals surface area contributed by atoms with E-state index < -0.39 is 17.6 Å². The number of nitrogens with zero attached hydrogens (tertiary/aromatic N) is 1. The van der Waals surface area contributed by atoms with Crippen molar-refractivity contribution in [3.05, 3.63) is 23.8 Å². The summed E-state index contributed by atoms with van der Waals surface area (Å²) in [5.41, 5.74) is 4.68. The number of hydrogen-bond donors (Lipinski definition) is 2. The van der Waals surface area contributed by atoms with Crippen molar-refractivity contribution in [1.82, 2.24) is 4.98 Å². The van der Waals surface area contributed by atoms with Crippen molar-refractivity contribution in [3.8, 4) is 0 Å². The molecule has 3 N–H and O–H groups in total. The number of carboxylic acids is 1. The quantitative estimate of drug-likeness (QED) is 0.580. The molecule has 0 fully saturated rings. The molecule has 0 spiro atoms. The molecule has 1 aromatic heterocycles. The third kappa shape index (κ3) is 1.43. The van der Waals surface area contributed by atoms with Gasteiger partial charge in [-0.15, -0.1) is 0 Å². The Kier molecular flexibility index (Phi) is 1.72. The summed E-state index contributed by atoms with van der Waals surface area (Å²) >= 11 is 0. The number of anilines is 1. The summed E-state index contributed by atoms with van der Waals surface area (Å²) in [4.78, 5) is 13.3. The largest absolute Gasteiger partial charge is 0.476 e. The molecule has 0 bridgehead atoms. The molecule has 0 aromatic carbocycles. The molecule has 1 heterocycles. The number of hydrogen-bond acceptors (Lipinski definition) is 3. The molecule has 4 nitrogen and oxygen atoms in total. The van der Waals surface area contributed by atoms with Gasteiger partial charge in [0.15, 0.2) is 5.69 Å². The topological polar surface area (TPSA) is 76.2 Å². The lowest BCUT2D eigenvalue weighted by atomic mass is 10.3. The van der Waals surface area contributed by atoms with E-state index >= 15 is 0 Å². The van der Waals surface area contributed by atoms with Crippen LogP contribution >= 0.6 is 0 Å². The zero-order valence-electron chi connectivity index (χ0n) is 5.41. The molecule has 1 rings (SSSR count). The Balaban J connectivity index is 3.23. The Hall–Kier alpha value is -1.65. The van der Waals surface area contributed by atoms with E-state index in [1.807, 2.05) is 0 Å². The molecule has 0 saturated heterocycles. The van der Waals surface area contributed by atoms with Gasteiger partial charge in [0.2, 0.25) is 5.95 Å². The van der Waals surface area contributed by atoms with Crippen LogP contribution in [0.4, 0.5) is 10.1 Å². The van der Waals surface area contributed by atoms with Gasteiger partial charge in [-0.25, -0.2) is 9.78 Å². The summed E-state index contributed by atoms with van der Waals surface area (Å²) in [6.45, 7) is 0. The maximum Gasteiger partial charge on any atom is 0.356 e. The number of halogens is 1. The maximum atomic E-state index is 12.3. The SMILES string of the molecule is Nc1ccc(F)nc1C(=O)O. The number of aromatic nitrogens is 1. The fraction of sp³-hybridized carbons (Fsp3) is 0. The molecular formula is C6H5FN2O2. The number of carbonyl (C=O) groups is 1. The number of pyridine rings is 1. The van der Waals surface area contributed by atoms with Gasteiger partial charge >= 0.3 is 5.97 Å². The molecule has 0 aliphatic heterocycles. The molecule has 0 amide bonds. The predicted octanol–water partition coefficient (Wildman–Crippen LogP) is 0.501. The van der Waals surface area contributed by atoms with Gasteiger partial charge in [0.25, 0.3) is 0 Å². The highest BCUT2D eigenvalue weighted by molar-refractivity contribution is 5.91. The minimum Gasteiger partial charge on any atom is -0.476 e. The molecular weight excluding hydrogens is 151 g/mol. The standard InChI is InChI=1S/C6H5FN2O2/c7-4-2-1-3(8)5(9-4)6(10)11/h1-2H,8H2,(H,10,11). The lowest BCUT2D eigenvalue weighted by Crippen LogP contribution is -2.06. The fourth-order valence-corrected chi connectivity index (χ4v) is 0.617. The monoisotopic (exact) mass is 156 g/mol. The predicted molar refractivity (Wildman–Crippen MR) is 35.6 cm³/mol. The molecule has 11 heavy (non-hydrogen) atoms. The molecule has 5 heteroatoms. The molecule has 58 valence electrons. The summed E-state index contributed by atoms with van der Waals surface area (Å²) in [5.74, 6) is -2.18. The van der Waals surface area contributed by atoms with Crippen LogP contribution in [0.2, 0.25) is 0 Å². The van der Waals surface area contributed by atoms with Crippen molar-refractivity contribution in [1.29, 1.82) is 0 Å². The fourth-order valence-electron chi connectivity index (χ4n) is 0.617. The third-order valence-corrected chi connectivity index (χ3v) is 1.10. The highest BCUT2D eigenvalue weighted by Gasteiger charge is 2.09. The van der Waals surface area contributed by atoms with Gasteiger partial charge in [0.05, 0.1) is 5.69 Å². The van der Waals surface area contributed by atoms with Crippen molar-refractivity contribution in [2.45, 2.75) is 0 Å². The minimum absolute atomic E-state index is 0.0427. The first-order chi connectivity index (χ1) is 5.11. The first kappa shape index (κ1) is 7.46. The molecule has 0 saturated carbocycles. The van der Waals surface area contributed by atoms with E-state index in [0.29, 0.717) is 0 Å². The van der Waals surface area contributed by atoms with E-state index in [9.17, 15) is 9.18 Å². The Morgan fingerprint density at radius 3 is 2.73 bits per heavy atom. The van der Waals surface area contributed by atoms with Crippen LogP contribution in [0.1, 0.15) is 10.5 Å². The van der Waals surface area contributed by atoms with Gasteiger partial charge in [-0.05, 0) is 12.1 Å². The van der Waals surface area contributed by atoms with E-state index in [4.69, 9.17) is 10.8 Å². The van der Waals surface area contributed by atoms with E-state index in [1.54, 1.807) is 0 Å². The second-order valence-corrected chi connectivity index (χ2v) is 1.88. The van der Waals surface area contributed by atoms with Gasteiger partial charge in [-0.2, -0.15) is 4.39 Å². The zero-order chi connectivity index (χ0) is 8.43. The van der Waals surface area contributed by atoms with Gasteiger partial charge < -0.3 is 10.8 Å². The van der Waals surface area contributed by atoms with Gasteiger partial charge in [0.1, 0.15) is 0 Å². The number of rotatable bonds is 1. The van der Waals surface area contributed by atoms with E-state index in [2.05, 4.69) is 4.98 Å². The number of nitrogens with two attached hydrogens (primary N) is 1. The molecule has 0 unspecified atom stereocenters. The van der Waals surface area contributed by atoms with Crippen molar-refractivity contribution >= 4 is 11.7 Å². The maximum absolute atomic E-state index is 12.3. The highest BCUT2D eigenvalue weighted by Crippen LogP contribution is 2.08. The minimum atomic E-state index is -1.33. The van der Waals surface area contributed by atoms with Crippen molar-refractivity contribution < 1.29 is 14.3 Å². The van der Waals surface area contributed by atoms with Crippen LogP contribution in [0, 0.1) is 5.95 Å². The number of nitrogen functional groups attached to an aromatic ring is 1. The highest BCUT2D eigenvalue weighted by atomic mass is 19.1. The van der Waals surface area contributed by atoms with Crippen LogP contribution in [-0.4, -0.2) is 16.1 Å². The second kappa shape index (κ2) is 2.53. The normalized spacial score (nSPS) is 9.55. The lowest BCUT2D eigenvalue weighted by molar-refractivity contribution is 0.0690. The summed E-state index contributed by atoms with van der Waals surface area (Å²) in [6, 6.07) is 2.16. The van der Waals surface area contributed by atoms with Gasteiger partial charge in [-0.1, -0.05) is 0 Å². The molecule has 0 aliphatic rings. The Morgan fingerprint density at radius 1 is 1.64 bits per heavy atom. The van der Waals surface area contributed by atoms with E-state index in [-0.39, 0.29) is 5.69 Å². The summed E-state index contributed by atoms with van der Waals surface area (Å²) in [7, 11) is 0. The van der Waals surface area contributed by atoms with Crippen molar-refractivity contribution in [3.63, 3.8) is 0 Å². The molecule has 1 aromatic rings. The van der Waals surface area contributed by atoms with Gasteiger partial charge in [0, 0.05) is 0 Å². The average Bonchev–Trinajstić information content (AvgIpc) is 1.94. The summed E-state index contributed by atoms with van der Waals surface area (Å²) in [6.07, 6.45) is 0. The van der Waals surface area contributed by atoms with Crippen LogP contribution in [-0.2, 0) is 0 Å². The Labute approximate surface area is 61.5 Å². The third-order valence-electron chi connectivity index (χ3n) is 1.10. The van der Waals surface area contributed by atoms with Crippen molar-refractivity contribution in [2.24, 2.45) is 0 Å². The van der Waals surface area contributed by atoms with Crippen LogP contribution in [0.25, 0.3) is 0 Å². The average molecular weight is 156 g/mol. The smallest absolute Gasteiger partial charge is 0.356 e. The number of carboxylic acid groups (broad SMARTS) is 1. The summed E-state index contributed by atoms with van der Waals surface area (Å²) < 4.78 is 12.3. The Morgan fingerprint density at radius 2 is 2.27 bits per heavy atom. The molecule has 0 atom stereocenters. The Bertz CT molecular complexity index is 301. The van der Waals surface area contributed by atoms with Crippen LogP contribution in [0.15, 0.2) is 12.1 Å². The van der Waals surface area contributed by atoms with Gasteiger partial charge in [-0.3, -0.25) is 0 Å². The molecule has 0 radical (unpaired) electrons. The number of aromatic carboxylic acids is 1. The van der Waals surface area contributed by atoms with Crippen LogP contribution < -0.4 is 5.73 Å². The van der Waals surface area contributed by atoms with E-state index in [1.165, 1.54) is 0 Å². The van der Waals surface area contributed by atoms with Crippen LogP contribution in [0.5, 0.6) is 0 Å². The summed E-state index contributed by atoms with van der Waals surface area (Å²) in [5, 5.41) is 8.38. The zero-order valence-corrected chi connectivity index (χ0v) is 5.41. The second-order valence-electron chi connectivity index (χ2n) is 1.88. The van der Waals surface area contributed by atoms with E-state index in [0.717, 1.165) is 12.1 Å². The first-order valence-corrected chi connectivity index (χ1v) is 2.76. The molecule has 0 aliphatic carbocycles.